The summed E-state index contributed by atoms with van der Waals surface area (Å²) in [4.78, 5) is 17.5. The molecule has 5 aromatic rings. The summed E-state index contributed by atoms with van der Waals surface area (Å²) in [6.45, 7) is 2.18. The summed E-state index contributed by atoms with van der Waals surface area (Å²) in [7, 11) is 0. The van der Waals surface area contributed by atoms with E-state index in [9.17, 15) is 9.90 Å². The van der Waals surface area contributed by atoms with Gasteiger partial charge in [-0.15, -0.1) is 11.3 Å². The number of rotatable bonds is 9. The van der Waals surface area contributed by atoms with Gasteiger partial charge in [0.05, 0.1) is 11.3 Å². The monoisotopic (exact) mass is 497 g/mol. The van der Waals surface area contributed by atoms with Crippen molar-refractivity contribution in [1.82, 2.24) is 4.98 Å². The van der Waals surface area contributed by atoms with Crippen LogP contribution in [0.1, 0.15) is 38.2 Å². The Kier molecular flexibility index (Phi) is 7.14. The van der Waals surface area contributed by atoms with Gasteiger partial charge in [0.25, 0.3) is 0 Å². The van der Waals surface area contributed by atoms with E-state index in [0.717, 1.165) is 53.0 Å². The van der Waals surface area contributed by atoms with E-state index in [-0.39, 0.29) is 5.75 Å². The van der Waals surface area contributed by atoms with Gasteiger partial charge >= 0.3 is 5.63 Å². The second-order valence-corrected chi connectivity index (χ2v) is 9.61. The number of thiazole rings is 1. The van der Waals surface area contributed by atoms with Crippen LogP contribution in [0, 0.1) is 0 Å². The first-order valence-electron chi connectivity index (χ1n) is 12.2. The minimum atomic E-state index is -0.467. The molecule has 5 rings (SSSR count). The molecule has 0 saturated heterocycles. The first-order valence-corrected chi connectivity index (χ1v) is 13.1. The van der Waals surface area contributed by atoms with Crippen molar-refractivity contribution in [2.24, 2.45) is 0 Å². The maximum Gasteiger partial charge on any atom is 0.346 e. The molecule has 0 aliphatic rings. The number of phenolic OH excluding ortho intramolecular Hbond substituents is 1. The third-order valence-electron chi connectivity index (χ3n) is 6.10. The highest BCUT2D eigenvalue weighted by Gasteiger charge is 2.15. The Morgan fingerprint density at radius 2 is 1.72 bits per heavy atom. The van der Waals surface area contributed by atoms with Gasteiger partial charge in [0, 0.05) is 22.4 Å². The van der Waals surface area contributed by atoms with Gasteiger partial charge in [-0.25, -0.2) is 9.78 Å². The highest BCUT2D eigenvalue weighted by molar-refractivity contribution is 7.13. The fourth-order valence-corrected chi connectivity index (χ4v) is 4.98. The number of nitrogens with zero attached hydrogens (tertiary/aromatic N) is 1. The zero-order valence-electron chi connectivity index (χ0n) is 20.1. The van der Waals surface area contributed by atoms with Crippen molar-refractivity contribution >= 4 is 22.3 Å². The number of ether oxygens (including phenoxy) is 1. The molecule has 3 aromatic carbocycles. The van der Waals surface area contributed by atoms with Gasteiger partial charge < -0.3 is 14.3 Å². The van der Waals surface area contributed by atoms with Gasteiger partial charge in [0.15, 0.2) is 0 Å². The Balaban J connectivity index is 1.38. The quantitative estimate of drug-likeness (QED) is 0.164. The van der Waals surface area contributed by atoms with Crippen LogP contribution in [0.15, 0.2) is 87.4 Å². The molecule has 0 aliphatic heterocycles. The van der Waals surface area contributed by atoms with Crippen LogP contribution in [0.5, 0.6) is 17.2 Å². The number of phenols is 1. The first kappa shape index (κ1) is 23.8. The zero-order valence-corrected chi connectivity index (χ0v) is 20.9. The molecule has 2 heterocycles. The van der Waals surface area contributed by atoms with Crippen molar-refractivity contribution in [1.29, 1.82) is 0 Å². The smallest absolute Gasteiger partial charge is 0.346 e. The molecule has 0 saturated carbocycles. The highest BCUT2D eigenvalue weighted by Crippen LogP contribution is 2.32. The van der Waals surface area contributed by atoms with Crippen molar-refractivity contribution in [3.63, 3.8) is 0 Å². The Morgan fingerprint density at radius 3 is 2.50 bits per heavy atom. The molecule has 0 bridgehead atoms. The summed E-state index contributed by atoms with van der Waals surface area (Å²) >= 11 is 1.40. The summed E-state index contributed by atoms with van der Waals surface area (Å²) in [5.41, 5.74) is 2.92. The molecule has 0 unspecified atom stereocenters. The number of aromatic hydroxyl groups is 1. The minimum Gasteiger partial charge on any atom is -0.508 e. The van der Waals surface area contributed by atoms with Crippen molar-refractivity contribution in [3.05, 3.63) is 94.2 Å². The van der Waals surface area contributed by atoms with Gasteiger partial charge in [-0.1, -0.05) is 44.4 Å². The summed E-state index contributed by atoms with van der Waals surface area (Å²) in [6.07, 6.45) is 5.29. The molecule has 0 fully saturated rings. The lowest BCUT2D eigenvalue weighted by Gasteiger charge is -2.07. The number of fused-ring (bicyclic) bond motifs is 1. The predicted molar refractivity (Wildman–Crippen MR) is 145 cm³/mol. The average Bonchev–Trinajstić information content (AvgIpc) is 3.38. The average molecular weight is 498 g/mol. The van der Waals surface area contributed by atoms with Crippen LogP contribution in [0.3, 0.4) is 0 Å². The van der Waals surface area contributed by atoms with Crippen LogP contribution < -0.4 is 10.4 Å². The van der Waals surface area contributed by atoms with E-state index in [0.29, 0.717) is 16.2 Å². The molecule has 36 heavy (non-hydrogen) atoms. The molecule has 2 aromatic heterocycles. The summed E-state index contributed by atoms with van der Waals surface area (Å²) in [5, 5.41) is 13.7. The Bertz CT molecular complexity index is 1520. The number of aryl methyl sites for hydroxylation is 1. The van der Waals surface area contributed by atoms with Gasteiger partial charge in [0.2, 0.25) is 0 Å². The molecule has 182 valence electrons. The molecular weight excluding hydrogens is 470 g/mol. The lowest BCUT2D eigenvalue weighted by Crippen LogP contribution is -2.02. The minimum absolute atomic E-state index is 0.172. The highest BCUT2D eigenvalue weighted by atomic mass is 32.1. The molecule has 5 nitrogen and oxygen atoms in total. The van der Waals surface area contributed by atoms with E-state index < -0.39 is 5.63 Å². The van der Waals surface area contributed by atoms with Crippen molar-refractivity contribution in [2.45, 2.75) is 39.0 Å². The number of hydrogen-bond donors (Lipinski definition) is 1. The molecule has 0 spiro atoms. The second-order valence-electron chi connectivity index (χ2n) is 8.75. The van der Waals surface area contributed by atoms with Gasteiger partial charge in [-0.05, 0) is 66.9 Å². The molecular formula is C30H27NO4S. The van der Waals surface area contributed by atoms with Crippen LogP contribution in [0.4, 0.5) is 0 Å². The van der Waals surface area contributed by atoms with Crippen LogP contribution >= 0.6 is 11.3 Å². The van der Waals surface area contributed by atoms with Gasteiger partial charge in [-0.3, -0.25) is 0 Å². The Hall–Kier alpha value is -3.90. The zero-order chi connectivity index (χ0) is 24.9. The number of benzene rings is 3. The number of aromatic nitrogens is 1. The normalized spacial score (nSPS) is 11.1. The topological polar surface area (TPSA) is 72.6 Å². The van der Waals surface area contributed by atoms with Crippen LogP contribution in [-0.4, -0.2) is 10.1 Å². The van der Waals surface area contributed by atoms with E-state index >= 15 is 0 Å². The van der Waals surface area contributed by atoms with Crippen molar-refractivity contribution in [2.75, 3.05) is 0 Å². The molecule has 0 amide bonds. The summed E-state index contributed by atoms with van der Waals surface area (Å²) in [6, 6.07) is 22.6. The fraction of sp³-hybridized carbons (Fsp3) is 0.200. The van der Waals surface area contributed by atoms with E-state index in [2.05, 4.69) is 6.92 Å². The third kappa shape index (κ3) is 5.34. The van der Waals surface area contributed by atoms with Crippen LogP contribution in [0.25, 0.3) is 32.8 Å². The lowest BCUT2D eigenvalue weighted by molar-refractivity contribution is 0.464. The number of hydrogen-bond acceptors (Lipinski definition) is 6. The fourth-order valence-electron chi connectivity index (χ4n) is 4.14. The van der Waals surface area contributed by atoms with Gasteiger partial charge in [0.1, 0.15) is 27.8 Å². The number of unbranched alkanes of at least 4 members (excludes halogenated alkanes) is 3. The SMILES string of the molecule is CCCCCCc1cc2cc(-c3nc(-c4ccc(Oc5ccccc5)cc4)cs3)c(=O)oc2cc1O. The van der Waals surface area contributed by atoms with Crippen molar-refractivity contribution < 1.29 is 14.3 Å². The lowest BCUT2D eigenvalue weighted by atomic mass is 10.0. The molecule has 0 radical (unpaired) electrons. The maximum atomic E-state index is 12.7. The van der Waals surface area contributed by atoms with Crippen LogP contribution in [-0.2, 0) is 6.42 Å². The predicted octanol–water partition coefficient (Wildman–Crippen LogP) is 8.20. The molecule has 0 aliphatic carbocycles. The van der Waals surface area contributed by atoms with E-state index in [1.54, 1.807) is 6.07 Å². The first-order chi connectivity index (χ1) is 17.6. The van der Waals surface area contributed by atoms with E-state index in [1.165, 1.54) is 24.2 Å². The standard InChI is InChI=1S/C30H27NO4S/c1-2-3-4-6-9-21-16-22-17-25(30(33)35-28(22)18-27(21)32)29-31-26(19-36-29)20-12-14-24(15-13-20)34-23-10-7-5-8-11-23/h5,7-8,10-19,32H,2-4,6,9H2,1H3. The Labute approximate surface area is 213 Å². The van der Waals surface area contributed by atoms with Crippen molar-refractivity contribution in [3.8, 4) is 39.1 Å². The van der Waals surface area contributed by atoms with Gasteiger partial charge in [-0.2, -0.15) is 0 Å². The second kappa shape index (κ2) is 10.8. The Morgan fingerprint density at radius 1 is 0.944 bits per heavy atom. The molecule has 6 heteroatoms. The largest absolute Gasteiger partial charge is 0.508 e. The summed E-state index contributed by atoms with van der Waals surface area (Å²) < 4.78 is 11.4. The summed E-state index contributed by atoms with van der Waals surface area (Å²) in [5.74, 6) is 1.69. The number of para-hydroxylation sites is 1. The third-order valence-corrected chi connectivity index (χ3v) is 6.97. The van der Waals surface area contributed by atoms with E-state index in [4.69, 9.17) is 14.1 Å². The van der Waals surface area contributed by atoms with E-state index in [1.807, 2.05) is 72.1 Å². The molecule has 0 atom stereocenters. The van der Waals surface area contributed by atoms with Crippen LogP contribution in [0.2, 0.25) is 0 Å². The maximum absolute atomic E-state index is 12.7. The molecule has 1 N–H and O–H groups in total.